The number of rotatable bonds is 2. The summed E-state index contributed by atoms with van der Waals surface area (Å²) in [6, 6.07) is 9.61. The van der Waals surface area contributed by atoms with Crippen LogP contribution >= 0.6 is 0 Å². The molecule has 1 fully saturated rings. The highest BCUT2D eigenvalue weighted by Gasteiger charge is 2.32. The maximum atomic E-state index is 11.8. The number of β-amino-alcohol motifs (C(OH)–C–C–N with tert-alkyl or cyclic N) is 1. The molecule has 0 saturated carbocycles. The second kappa shape index (κ2) is 5.19. The van der Waals surface area contributed by atoms with Crippen LogP contribution in [-0.2, 0) is 11.3 Å². The fourth-order valence-electron chi connectivity index (χ4n) is 2.06. The zero-order chi connectivity index (χ0) is 12.3. The molecule has 0 radical (unpaired) electrons. The van der Waals surface area contributed by atoms with E-state index < -0.39 is 6.10 Å². The van der Waals surface area contributed by atoms with Crippen molar-refractivity contribution in [1.82, 2.24) is 4.90 Å². The van der Waals surface area contributed by atoms with E-state index in [-0.39, 0.29) is 18.7 Å². The molecular formula is C13H17NO3. The number of amides is 1. The molecule has 2 atom stereocenters. The Balaban J connectivity index is 1.86. The Hall–Kier alpha value is -1.55. The van der Waals surface area contributed by atoms with Crippen molar-refractivity contribution in [1.29, 1.82) is 0 Å². The Morgan fingerprint density at radius 3 is 2.76 bits per heavy atom. The van der Waals surface area contributed by atoms with Crippen molar-refractivity contribution in [2.75, 3.05) is 6.54 Å². The van der Waals surface area contributed by atoms with E-state index in [1.165, 1.54) is 0 Å². The summed E-state index contributed by atoms with van der Waals surface area (Å²) in [6.07, 6.45) is -0.146. The quantitative estimate of drug-likeness (QED) is 0.850. The largest absolute Gasteiger partial charge is 0.445 e. The Morgan fingerprint density at radius 2 is 2.18 bits per heavy atom. The average molecular weight is 235 g/mol. The minimum atomic E-state index is -0.422. The van der Waals surface area contributed by atoms with E-state index in [1.807, 2.05) is 37.3 Å². The Labute approximate surface area is 101 Å². The first kappa shape index (κ1) is 11.9. The van der Waals surface area contributed by atoms with Gasteiger partial charge in [-0.05, 0) is 18.9 Å². The second-order valence-electron chi connectivity index (χ2n) is 4.43. The van der Waals surface area contributed by atoms with Gasteiger partial charge in [-0.2, -0.15) is 0 Å². The van der Waals surface area contributed by atoms with Crippen LogP contribution in [0.3, 0.4) is 0 Å². The van der Waals surface area contributed by atoms with E-state index >= 15 is 0 Å². The molecule has 0 aliphatic carbocycles. The number of ether oxygens (including phenoxy) is 1. The van der Waals surface area contributed by atoms with Crippen LogP contribution in [0.15, 0.2) is 30.3 Å². The SMILES string of the molecule is C[C@H]1C[C@@H](O)CN1C(=O)OCc1ccccc1. The number of hydrogen-bond acceptors (Lipinski definition) is 3. The van der Waals surface area contributed by atoms with Gasteiger partial charge in [-0.15, -0.1) is 0 Å². The first-order valence-electron chi connectivity index (χ1n) is 5.82. The highest BCUT2D eigenvalue weighted by molar-refractivity contribution is 5.68. The number of nitrogens with zero attached hydrogens (tertiary/aromatic N) is 1. The van der Waals surface area contributed by atoms with Gasteiger partial charge in [-0.1, -0.05) is 30.3 Å². The van der Waals surface area contributed by atoms with E-state index in [2.05, 4.69) is 0 Å². The molecule has 4 nitrogen and oxygen atoms in total. The van der Waals surface area contributed by atoms with Gasteiger partial charge in [0.2, 0.25) is 0 Å². The van der Waals surface area contributed by atoms with Gasteiger partial charge in [0.05, 0.1) is 12.6 Å². The maximum Gasteiger partial charge on any atom is 0.410 e. The van der Waals surface area contributed by atoms with Crippen LogP contribution < -0.4 is 0 Å². The monoisotopic (exact) mass is 235 g/mol. The fourth-order valence-corrected chi connectivity index (χ4v) is 2.06. The molecule has 0 spiro atoms. The van der Waals surface area contributed by atoms with E-state index in [0.29, 0.717) is 13.0 Å². The molecule has 1 aliphatic heterocycles. The molecule has 92 valence electrons. The maximum absolute atomic E-state index is 11.8. The minimum Gasteiger partial charge on any atom is -0.445 e. The Bertz CT molecular complexity index is 380. The van der Waals surface area contributed by atoms with Crippen molar-refractivity contribution in [3.8, 4) is 0 Å². The zero-order valence-electron chi connectivity index (χ0n) is 9.87. The van der Waals surface area contributed by atoms with E-state index in [9.17, 15) is 9.90 Å². The number of aliphatic hydroxyl groups is 1. The molecule has 0 unspecified atom stereocenters. The Morgan fingerprint density at radius 1 is 1.47 bits per heavy atom. The molecule has 0 bridgehead atoms. The molecule has 1 heterocycles. The predicted octanol–water partition coefficient (Wildman–Crippen LogP) is 1.78. The summed E-state index contributed by atoms with van der Waals surface area (Å²) in [6.45, 7) is 2.56. The van der Waals surface area contributed by atoms with E-state index in [0.717, 1.165) is 5.56 Å². The fraction of sp³-hybridized carbons (Fsp3) is 0.462. The second-order valence-corrected chi connectivity index (χ2v) is 4.43. The number of carbonyl (C=O) groups excluding carboxylic acids is 1. The lowest BCUT2D eigenvalue weighted by Crippen LogP contribution is -2.34. The summed E-state index contributed by atoms with van der Waals surface area (Å²) in [7, 11) is 0. The molecule has 4 heteroatoms. The topological polar surface area (TPSA) is 49.8 Å². The van der Waals surface area contributed by atoms with Gasteiger partial charge in [0, 0.05) is 6.04 Å². The number of carbonyl (C=O) groups is 1. The molecule has 1 saturated heterocycles. The summed E-state index contributed by atoms with van der Waals surface area (Å²) >= 11 is 0. The van der Waals surface area contributed by atoms with Crippen molar-refractivity contribution in [3.63, 3.8) is 0 Å². The van der Waals surface area contributed by atoms with Crippen LogP contribution in [-0.4, -0.2) is 34.8 Å². The van der Waals surface area contributed by atoms with Crippen LogP contribution in [0.2, 0.25) is 0 Å². The number of benzene rings is 1. The molecule has 1 aliphatic rings. The number of hydrogen-bond donors (Lipinski definition) is 1. The van der Waals surface area contributed by atoms with Gasteiger partial charge < -0.3 is 14.7 Å². The van der Waals surface area contributed by atoms with Gasteiger partial charge >= 0.3 is 6.09 Å². The molecular weight excluding hydrogens is 218 g/mol. The predicted molar refractivity (Wildman–Crippen MR) is 63.4 cm³/mol. The zero-order valence-corrected chi connectivity index (χ0v) is 9.87. The van der Waals surface area contributed by atoms with Gasteiger partial charge in [-0.25, -0.2) is 4.79 Å². The van der Waals surface area contributed by atoms with E-state index in [4.69, 9.17) is 4.74 Å². The normalized spacial score (nSPS) is 23.8. The molecule has 1 aromatic rings. The number of aliphatic hydroxyl groups excluding tert-OH is 1. The van der Waals surface area contributed by atoms with Crippen molar-refractivity contribution < 1.29 is 14.6 Å². The van der Waals surface area contributed by atoms with Crippen molar-refractivity contribution in [3.05, 3.63) is 35.9 Å². The van der Waals surface area contributed by atoms with Crippen LogP contribution in [0.25, 0.3) is 0 Å². The lowest BCUT2D eigenvalue weighted by Gasteiger charge is -2.20. The van der Waals surface area contributed by atoms with Crippen LogP contribution in [0.1, 0.15) is 18.9 Å². The van der Waals surface area contributed by atoms with Gasteiger partial charge in [-0.3, -0.25) is 0 Å². The smallest absolute Gasteiger partial charge is 0.410 e. The lowest BCUT2D eigenvalue weighted by molar-refractivity contribution is 0.0896. The van der Waals surface area contributed by atoms with Crippen molar-refractivity contribution in [2.45, 2.75) is 32.1 Å². The third-order valence-electron chi connectivity index (χ3n) is 2.99. The first-order chi connectivity index (χ1) is 8.16. The molecule has 0 aromatic heterocycles. The summed E-state index contributed by atoms with van der Waals surface area (Å²) in [4.78, 5) is 13.3. The van der Waals surface area contributed by atoms with Crippen LogP contribution in [0, 0.1) is 0 Å². The third kappa shape index (κ3) is 2.97. The van der Waals surface area contributed by atoms with Gasteiger partial charge in [0.1, 0.15) is 6.61 Å². The summed E-state index contributed by atoms with van der Waals surface area (Å²) in [5, 5.41) is 9.45. The van der Waals surface area contributed by atoms with Gasteiger partial charge in [0.25, 0.3) is 0 Å². The van der Waals surface area contributed by atoms with Crippen molar-refractivity contribution in [2.24, 2.45) is 0 Å². The molecule has 1 amide bonds. The minimum absolute atomic E-state index is 0.0493. The first-order valence-corrected chi connectivity index (χ1v) is 5.82. The van der Waals surface area contributed by atoms with E-state index in [1.54, 1.807) is 4.90 Å². The highest BCUT2D eigenvalue weighted by Crippen LogP contribution is 2.18. The standard InChI is InChI=1S/C13H17NO3/c1-10-7-12(15)8-14(10)13(16)17-9-11-5-3-2-4-6-11/h2-6,10,12,15H,7-9H2,1H3/t10-,12+/m0/s1. The average Bonchev–Trinajstić information content (AvgIpc) is 2.67. The summed E-state index contributed by atoms with van der Waals surface area (Å²) < 4.78 is 5.21. The van der Waals surface area contributed by atoms with Gasteiger partial charge in [0.15, 0.2) is 0 Å². The van der Waals surface area contributed by atoms with Crippen LogP contribution in [0.4, 0.5) is 4.79 Å². The van der Waals surface area contributed by atoms with Crippen LogP contribution in [0.5, 0.6) is 0 Å². The Kier molecular flexibility index (Phi) is 3.64. The summed E-state index contributed by atoms with van der Waals surface area (Å²) in [5.74, 6) is 0. The van der Waals surface area contributed by atoms with Crippen molar-refractivity contribution >= 4 is 6.09 Å². The lowest BCUT2D eigenvalue weighted by atomic mass is 10.2. The molecule has 1 aromatic carbocycles. The highest BCUT2D eigenvalue weighted by atomic mass is 16.6. The molecule has 17 heavy (non-hydrogen) atoms. The summed E-state index contributed by atoms with van der Waals surface area (Å²) in [5.41, 5.74) is 0.966. The third-order valence-corrected chi connectivity index (χ3v) is 2.99. The molecule has 1 N–H and O–H groups in total. The molecule has 2 rings (SSSR count). The number of likely N-dealkylation sites (tertiary alicyclic amines) is 1.